The van der Waals surface area contributed by atoms with Crippen LogP contribution >= 0.6 is 0 Å². The molecule has 1 aromatic carbocycles. The number of nitrogens with zero attached hydrogens (tertiary/aromatic N) is 2. The number of hydrogen-bond acceptors (Lipinski definition) is 3. The van der Waals surface area contributed by atoms with Crippen molar-refractivity contribution in [1.29, 1.82) is 0 Å². The molecule has 0 spiro atoms. The van der Waals surface area contributed by atoms with E-state index in [1.54, 1.807) is 12.5 Å². The monoisotopic (exact) mass is 366 g/mol. The molecule has 1 unspecified atom stereocenters. The van der Waals surface area contributed by atoms with Crippen LogP contribution in [0.5, 0.6) is 0 Å². The van der Waals surface area contributed by atoms with Gasteiger partial charge in [0.25, 0.3) is 0 Å². The van der Waals surface area contributed by atoms with Crippen molar-refractivity contribution < 1.29 is 9.59 Å². The predicted molar refractivity (Wildman–Crippen MR) is 105 cm³/mol. The fourth-order valence-corrected chi connectivity index (χ4v) is 3.86. The number of benzene rings is 1. The molecule has 0 saturated heterocycles. The summed E-state index contributed by atoms with van der Waals surface area (Å²) >= 11 is 0. The highest BCUT2D eigenvalue weighted by Crippen LogP contribution is 2.34. The molecule has 6 heteroatoms. The molecule has 2 N–H and O–H groups in total. The number of hydrogen-bond donors (Lipinski definition) is 2. The number of aryl methyl sites for hydroxylation is 1. The summed E-state index contributed by atoms with van der Waals surface area (Å²) in [5.41, 5.74) is 3.91. The van der Waals surface area contributed by atoms with Crippen molar-refractivity contribution in [2.45, 2.75) is 45.4 Å². The molecule has 1 aliphatic carbocycles. The van der Waals surface area contributed by atoms with Gasteiger partial charge in [0.1, 0.15) is 0 Å². The normalized spacial score (nSPS) is 18.0. The lowest BCUT2D eigenvalue weighted by atomic mass is 9.84. The molecule has 2 aromatic rings. The predicted octanol–water partition coefficient (Wildman–Crippen LogP) is 3.31. The maximum Gasteiger partial charge on any atom is 0.227 e. The van der Waals surface area contributed by atoms with Crippen LogP contribution in [0.2, 0.25) is 0 Å². The average Bonchev–Trinajstić information content (AvgIpc) is 3.12. The second-order valence-electron chi connectivity index (χ2n) is 7.82. The number of carbonyl (C=O) groups is 2. The summed E-state index contributed by atoms with van der Waals surface area (Å²) in [6, 6.07) is 5.92. The van der Waals surface area contributed by atoms with Crippen molar-refractivity contribution in [2.24, 2.45) is 11.8 Å². The van der Waals surface area contributed by atoms with E-state index in [0.29, 0.717) is 18.8 Å². The second kappa shape index (κ2) is 7.55. The standard InChI is InChI=1S/C21H26N4O2/c1-14(9-18-11-22-13-23-18)21(27)24-17-6-7-19-16(10-17)5-8-20(26)25(19)12-15-3-2-4-15/h6-7,10-11,13-15H,2-5,8-9,12H2,1H3,(H,22,23)(H,24,27). The van der Waals surface area contributed by atoms with Gasteiger partial charge >= 0.3 is 0 Å². The highest BCUT2D eigenvalue weighted by atomic mass is 16.2. The highest BCUT2D eigenvalue weighted by Gasteiger charge is 2.29. The van der Waals surface area contributed by atoms with Gasteiger partial charge in [0.2, 0.25) is 11.8 Å². The number of aromatic amines is 1. The summed E-state index contributed by atoms with van der Waals surface area (Å²) in [7, 11) is 0. The Morgan fingerprint density at radius 1 is 1.37 bits per heavy atom. The second-order valence-corrected chi connectivity index (χ2v) is 7.82. The van der Waals surface area contributed by atoms with Crippen LogP contribution in [0, 0.1) is 11.8 Å². The average molecular weight is 366 g/mol. The quantitative estimate of drug-likeness (QED) is 0.823. The molecule has 1 atom stereocenters. The molecule has 4 rings (SSSR count). The van der Waals surface area contributed by atoms with Gasteiger partial charge in [0, 0.05) is 48.6 Å². The zero-order chi connectivity index (χ0) is 18.8. The van der Waals surface area contributed by atoms with Crippen molar-refractivity contribution in [3.8, 4) is 0 Å². The third-order valence-electron chi connectivity index (χ3n) is 5.74. The van der Waals surface area contributed by atoms with Gasteiger partial charge < -0.3 is 15.2 Å². The topological polar surface area (TPSA) is 78.1 Å². The van der Waals surface area contributed by atoms with Gasteiger partial charge in [-0.15, -0.1) is 0 Å². The van der Waals surface area contributed by atoms with Crippen LogP contribution in [0.1, 0.15) is 43.9 Å². The molecule has 1 aromatic heterocycles. The van der Waals surface area contributed by atoms with Gasteiger partial charge in [-0.25, -0.2) is 4.98 Å². The Hall–Kier alpha value is -2.63. The van der Waals surface area contributed by atoms with Crippen molar-refractivity contribution in [3.05, 3.63) is 42.0 Å². The fourth-order valence-electron chi connectivity index (χ4n) is 3.86. The molecule has 2 heterocycles. The molecular weight excluding hydrogens is 340 g/mol. The fraction of sp³-hybridized carbons (Fsp3) is 0.476. The van der Waals surface area contributed by atoms with Gasteiger partial charge in [-0.2, -0.15) is 0 Å². The van der Waals surface area contributed by atoms with Crippen LogP contribution in [-0.2, 0) is 22.4 Å². The van der Waals surface area contributed by atoms with E-state index in [-0.39, 0.29) is 17.7 Å². The minimum atomic E-state index is -0.154. The van der Waals surface area contributed by atoms with Gasteiger partial charge in [0.15, 0.2) is 0 Å². The maximum absolute atomic E-state index is 12.5. The zero-order valence-corrected chi connectivity index (χ0v) is 15.7. The Bertz CT molecular complexity index is 827. The molecule has 1 aliphatic heterocycles. The molecule has 6 nitrogen and oxygen atoms in total. The molecule has 27 heavy (non-hydrogen) atoms. The van der Waals surface area contributed by atoms with Gasteiger partial charge in [0.05, 0.1) is 6.33 Å². The largest absolute Gasteiger partial charge is 0.348 e. The molecule has 2 amide bonds. The van der Waals surface area contributed by atoms with Gasteiger partial charge in [-0.05, 0) is 48.9 Å². The lowest BCUT2D eigenvalue weighted by Crippen LogP contribution is -2.40. The lowest BCUT2D eigenvalue weighted by molar-refractivity contribution is -0.120. The van der Waals surface area contributed by atoms with Crippen molar-refractivity contribution in [1.82, 2.24) is 9.97 Å². The van der Waals surface area contributed by atoms with Crippen molar-refractivity contribution in [2.75, 3.05) is 16.8 Å². The first-order chi connectivity index (χ1) is 13.1. The van der Waals surface area contributed by atoms with E-state index in [1.165, 1.54) is 19.3 Å². The summed E-state index contributed by atoms with van der Waals surface area (Å²) in [6.45, 7) is 2.74. The molecule has 142 valence electrons. The number of fused-ring (bicyclic) bond motifs is 1. The van der Waals surface area contributed by atoms with E-state index >= 15 is 0 Å². The van der Waals surface area contributed by atoms with Crippen LogP contribution in [0.25, 0.3) is 0 Å². The smallest absolute Gasteiger partial charge is 0.227 e. The van der Waals surface area contributed by atoms with Crippen LogP contribution in [-0.4, -0.2) is 28.3 Å². The first-order valence-electron chi connectivity index (χ1n) is 9.81. The first kappa shape index (κ1) is 17.8. The Morgan fingerprint density at radius 2 is 2.22 bits per heavy atom. The van der Waals surface area contributed by atoms with E-state index in [2.05, 4.69) is 15.3 Å². The number of nitrogens with one attached hydrogen (secondary N) is 2. The number of carbonyl (C=O) groups excluding carboxylic acids is 2. The number of H-pyrrole nitrogens is 1. The van der Waals surface area contributed by atoms with E-state index in [0.717, 1.165) is 35.6 Å². The molecule has 1 fully saturated rings. The van der Waals surface area contributed by atoms with Crippen molar-refractivity contribution in [3.63, 3.8) is 0 Å². The van der Waals surface area contributed by atoms with Crippen LogP contribution in [0.3, 0.4) is 0 Å². The van der Waals surface area contributed by atoms with E-state index < -0.39 is 0 Å². The summed E-state index contributed by atoms with van der Waals surface area (Å²) in [4.78, 5) is 33.9. The van der Waals surface area contributed by atoms with Gasteiger partial charge in [-0.1, -0.05) is 13.3 Å². The van der Waals surface area contributed by atoms with E-state index in [9.17, 15) is 9.59 Å². The third kappa shape index (κ3) is 3.89. The Balaban J connectivity index is 1.44. The number of amides is 2. The number of imidazole rings is 1. The third-order valence-corrected chi connectivity index (χ3v) is 5.74. The molecule has 2 aliphatic rings. The summed E-state index contributed by atoms with van der Waals surface area (Å²) in [5, 5.41) is 3.02. The summed E-state index contributed by atoms with van der Waals surface area (Å²) < 4.78 is 0. The number of aromatic nitrogens is 2. The molecule has 1 saturated carbocycles. The summed E-state index contributed by atoms with van der Waals surface area (Å²) in [6.07, 6.45) is 9.01. The Labute approximate surface area is 159 Å². The molecule has 0 bridgehead atoms. The Morgan fingerprint density at radius 3 is 2.93 bits per heavy atom. The van der Waals surface area contributed by atoms with Gasteiger partial charge in [-0.3, -0.25) is 9.59 Å². The zero-order valence-electron chi connectivity index (χ0n) is 15.7. The number of rotatable bonds is 6. The van der Waals surface area contributed by atoms with E-state index in [4.69, 9.17) is 0 Å². The van der Waals surface area contributed by atoms with Crippen LogP contribution in [0.15, 0.2) is 30.7 Å². The summed E-state index contributed by atoms with van der Waals surface area (Å²) in [5.74, 6) is 0.697. The minimum absolute atomic E-state index is 0.0113. The highest BCUT2D eigenvalue weighted by molar-refractivity contribution is 5.98. The van der Waals surface area contributed by atoms with E-state index in [1.807, 2.05) is 30.0 Å². The molecular formula is C21H26N4O2. The van der Waals surface area contributed by atoms with Crippen LogP contribution < -0.4 is 10.2 Å². The first-order valence-corrected chi connectivity index (χ1v) is 9.81. The molecule has 0 radical (unpaired) electrons. The lowest BCUT2D eigenvalue weighted by Gasteiger charge is -2.36. The van der Waals surface area contributed by atoms with Crippen molar-refractivity contribution >= 4 is 23.2 Å². The number of anilines is 2. The SMILES string of the molecule is CC(Cc1cnc[nH]1)C(=O)Nc1ccc2c(c1)CCC(=O)N2CC1CCC1. The maximum atomic E-state index is 12.5. The minimum Gasteiger partial charge on any atom is -0.348 e. The Kier molecular flexibility index (Phi) is 4.97. The van der Waals surface area contributed by atoms with Crippen LogP contribution in [0.4, 0.5) is 11.4 Å².